The number of allylic oxidation sites excluding steroid dienone is 3. The number of hydrogen-bond donors (Lipinski definition) is 2. The third-order valence-electron chi connectivity index (χ3n) is 15.9. The van der Waals surface area contributed by atoms with Crippen molar-refractivity contribution < 1.29 is 32.9 Å². The van der Waals surface area contributed by atoms with Crippen molar-refractivity contribution in [1.82, 2.24) is 5.32 Å². The fourth-order valence-corrected chi connectivity index (χ4v) is 11.3. The van der Waals surface area contributed by atoms with E-state index >= 15 is 0 Å². The molecule has 0 saturated carbocycles. The van der Waals surface area contributed by atoms with E-state index in [-0.39, 0.29) is 19.1 Å². The van der Waals surface area contributed by atoms with Crippen LogP contribution in [0.4, 0.5) is 0 Å². The average Bonchev–Trinajstić information content (AvgIpc) is 3.39. The molecule has 0 aromatic carbocycles. The molecule has 0 aromatic rings. The number of unbranched alkanes of at least 4 members (excludes halogenated alkanes) is 49. The number of hydrogen-bond acceptors (Lipinski definition) is 6. The Bertz CT molecular complexity index is 1300. The number of carbonyl (C=O) groups excluding carboxylic acids is 1. The van der Waals surface area contributed by atoms with E-state index in [1.54, 1.807) is 6.08 Å². The molecular weight excluding hydrogens is 972 g/mol. The Hall–Kier alpha value is -1.02. The Morgan fingerprint density at radius 1 is 0.442 bits per heavy atom. The van der Waals surface area contributed by atoms with Crippen LogP contribution in [0.5, 0.6) is 0 Å². The topological polar surface area (TPSA) is 108 Å². The molecule has 2 N–H and O–H groups in total. The minimum Gasteiger partial charge on any atom is -0.756 e. The summed E-state index contributed by atoms with van der Waals surface area (Å²) in [6.07, 6.45) is 77.3. The van der Waals surface area contributed by atoms with Crippen molar-refractivity contribution in [1.29, 1.82) is 0 Å². The molecule has 0 radical (unpaired) electrons. The molecule has 0 heterocycles. The summed E-state index contributed by atoms with van der Waals surface area (Å²) < 4.78 is 23.4. The lowest BCUT2D eigenvalue weighted by Gasteiger charge is -2.29. The maximum Gasteiger partial charge on any atom is 0.268 e. The predicted octanol–water partition coefficient (Wildman–Crippen LogP) is 20.9. The summed E-state index contributed by atoms with van der Waals surface area (Å²) in [6.45, 7) is 4.71. The number of carbonyl (C=O) groups is 1. The van der Waals surface area contributed by atoms with E-state index in [0.29, 0.717) is 17.4 Å². The number of amides is 1. The molecular formula is C68H135N2O6P. The van der Waals surface area contributed by atoms with Crippen LogP contribution >= 0.6 is 7.82 Å². The van der Waals surface area contributed by atoms with Gasteiger partial charge < -0.3 is 28.8 Å². The van der Waals surface area contributed by atoms with E-state index in [2.05, 4.69) is 31.3 Å². The molecule has 3 atom stereocenters. The summed E-state index contributed by atoms with van der Waals surface area (Å²) >= 11 is 0. The molecule has 0 fully saturated rings. The molecule has 0 spiro atoms. The van der Waals surface area contributed by atoms with Crippen molar-refractivity contribution in [3.05, 3.63) is 24.3 Å². The predicted molar refractivity (Wildman–Crippen MR) is 335 cm³/mol. The molecule has 0 aromatic heterocycles. The highest BCUT2D eigenvalue weighted by Gasteiger charge is 2.23. The highest BCUT2D eigenvalue weighted by molar-refractivity contribution is 7.45. The summed E-state index contributed by atoms with van der Waals surface area (Å²) in [5, 5.41) is 13.9. The SMILES string of the molecule is CCCCCCCCCC/C=C\CCCCCCCCCCCCCCCCCCCCCCCCCC(=O)NC(COP(=O)([O-])OCC[N+](C)(C)C)C(O)/C=C/CCCCCCCCCCCCCCCCCCCC. The quantitative estimate of drug-likeness (QED) is 0.0272. The number of phosphoric ester groups is 1. The van der Waals surface area contributed by atoms with Gasteiger partial charge in [-0.25, -0.2) is 0 Å². The second kappa shape index (κ2) is 59.6. The van der Waals surface area contributed by atoms with Crippen LogP contribution in [-0.4, -0.2) is 68.5 Å². The van der Waals surface area contributed by atoms with Gasteiger partial charge in [0.1, 0.15) is 13.2 Å². The summed E-state index contributed by atoms with van der Waals surface area (Å²) in [4.78, 5) is 25.6. The lowest BCUT2D eigenvalue weighted by atomic mass is 10.0. The van der Waals surface area contributed by atoms with Crippen molar-refractivity contribution in [2.24, 2.45) is 0 Å². The monoisotopic (exact) mass is 1110 g/mol. The van der Waals surface area contributed by atoms with Crippen LogP contribution in [0.3, 0.4) is 0 Å². The first-order chi connectivity index (χ1) is 37.5. The highest BCUT2D eigenvalue weighted by Crippen LogP contribution is 2.38. The van der Waals surface area contributed by atoms with Crippen molar-refractivity contribution in [3.8, 4) is 0 Å². The summed E-state index contributed by atoms with van der Waals surface area (Å²) in [7, 11) is 1.28. The highest BCUT2D eigenvalue weighted by atomic mass is 31.2. The average molecular weight is 1110 g/mol. The van der Waals surface area contributed by atoms with Crippen LogP contribution < -0.4 is 10.2 Å². The summed E-state index contributed by atoms with van der Waals surface area (Å²) in [5.74, 6) is -0.189. The van der Waals surface area contributed by atoms with Gasteiger partial charge in [-0.15, -0.1) is 0 Å². The molecule has 0 aliphatic rings. The van der Waals surface area contributed by atoms with Crippen LogP contribution in [0.1, 0.15) is 354 Å². The van der Waals surface area contributed by atoms with E-state index in [1.165, 1.54) is 295 Å². The maximum absolute atomic E-state index is 13.0. The van der Waals surface area contributed by atoms with E-state index in [9.17, 15) is 19.4 Å². The van der Waals surface area contributed by atoms with Gasteiger partial charge in [-0.2, -0.15) is 0 Å². The van der Waals surface area contributed by atoms with E-state index in [4.69, 9.17) is 9.05 Å². The second-order valence-corrected chi connectivity index (χ2v) is 26.3. The Labute approximate surface area is 481 Å². The third kappa shape index (κ3) is 62.4. The molecule has 77 heavy (non-hydrogen) atoms. The standard InChI is InChI=1S/C68H135N2O6P/c1-6-8-10-12-14-16-18-20-22-24-26-28-29-30-31-32-33-34-35-36-37-38-39-40-41-42-44-46-48-50-52-54-56-58-60-62-68(72)69-66(65-76-77(73,74)75-64-63-70(3,4)5)67(71)61-59-57-55-53-51-49-47-45-43-27-25-23-21-19-17-15-13-11-9-7-2/h24,26,59,61,66-67,71H,6-23,25,27-58,60,62-65H2,1-5H3,(H-,69,72,73,74)/b26-24-,61-59+. The number of nitrogens with one attached hydrogen (secondary N) is 1. The van der Waals surface area contributed by atoms with Gasteiger partial charge >= 0.3 is 0 Å². The molecule has 0 bridgehead atoms. The number of rotatable bonds is 64. The maximum atomic E-state index is 13.0. The van der Waals surface area contributed by atoms with Gasteiger partial charge in [-0.05, 0) is 44.9 Å². The normalized spacial score (nSPS) is 13.8. The van der Waals surface area contributed by atoms with Crippen LogP contribution in [0.25, 0.3) is 0 Å². The lowest BCUT2D eigenvalue weighted by molar-refractivity contribution is -0.870. The fourth-order valence-electron chi connectivity index (χ4n) is 10.6. The Morgan fingerprint density at radius 2 is 0.714 bits per heavy atom. The second-order valence-electron chi connectivity index (χ2n) is 24.9. The van der Waals surface area contributed by atoms with Gasteiger partial charge in [0.15, 0.2) is 0 Å². The van der Waals surface area contributed by atoms with Gasteiger partial charge in [0, 0.05) is 6.42 Å². The zero-order chi connectivity index (χ0) is 56.3. The van der Waals surface area contributed by atoms with Crippen molar-refractivity contribution in [2.75, 3.05) is 40.9 Å². The van der Waals surface area contributed by atoms with Crippen molar-refractivity contribution >= 4 is 13.7 Å². The van der Waals surface area contributed by atoms with Gasteiger partial charge in [-0.1, -0.05) is 327 Å². The smallest absolute Gasteiger partial charge is 0.268 e. The number of quaternary nitrogens is 1. The zero-order valence-corrected chi connectivity index (χ0v) is 53.3. The third-order valence-corrected chi connectivity index (χ3v) is 16.9. The Balaban J connectivity index is 3.98. The number of likely N-dealkylation sites (N-methyl/N-ethyl adjacent to an activating group) is 1. The molecule has 9 heteroatoms. The first kappa shape index (κ1) is 76.0. The van der Waals surface area contributed by atoms with Gasteiger partial charge in [0.05, 0.1) is 39.9 Å². The molecule has 0 aliphatic heterocycles. The van der Waals surface area contributed by atoms with Crippen LogP contribution in [0.15, 0.2) is 24.3 Å². The minimum absolute atomic E-state index is 0.00205. The number of aliphatic hydroxyl groups is 1. The Kier molecular flexibility index (Phi) is 58.8. The van der Waals surface area contributed by atoms with Crippen LogP contribution in [0, 0.1) is 0 Å². The molecule has 0 saturated heterocycles. The number of nitrogens with zero attached hydrogens (tertiary/aromatic N) is 1. The van der Waals surface area contributed by atoms with Crippen LogP contribution in [0.2, 0.25) is 0 Å². The molecule has 8 nitrogen and oxygen atoms in total. The largest absolute Gasteiger partial charge is 0.756 e. The van der Waals surface area contributed by atoms with Crippen molar-refractivity contribution in [2.45, 2.75) is 366 Å². The van der Waals surface area contributed by atoms with Crippen molar-refractivity contribution in [3.63, 3.8) is 0 Å². The summed E-state index contributed by atoms with van der Waals surface area (Å²) in [6, 6.07) is -0.884. The van der Waals surface area contributed by atoms with E-state index in [1.807, 2.05) is 27.2 Å². The molecule has 1 amide bonds. The number of phosphoric acid groups is 1. The first-order valence-electron chi connectivity index (χ1n) is 34.2. The van der Waals surface area contributed by atoms with E-state index < -0.39 is 20.0 Å². The zero-order valence-electron chi connectivity index (χ0n) is 52.4. The first-order valence-corrected chi connectivity index (χ1v) is 35.7. The lowest BCUT2D eigenvalue weighted by Crippen LogP contribution is -2.45. The minimum atomic E-state index is -4.60. The molecule has 0 rings (SSSR count). The molecule has 3 unspecified atom stereocenters. The summed E-state index contributed by atoms with van der Waals surface area (Å²) in [5.41, 5.74) is 0. The Morgan fingerprint density at radius 3 is 1.01 bits per heavy atom. The molecule has 458 valence electrons. The van der Waals surface area contributed by atoms with E-state index in [0.717, 1.165) is 38.5 Å². The van der Waals surface area contributed by atoms with Gasteiger partial charge in [0.25, 0.3) is 7.82 Å². The van der Waals surface area contributed by atoms with Gasteiger partial charge in [-0.3, -0.25) is 9.36 Å². The fraction of sp³-hybridized carbons (Fsp3) is 0.926. The van der Waals surface area contributed by atoms with Crippen LogP contribution in [-0.2, 0) is 18.4 Å². The number of aliphatic hydroxyl groups excluding tert-OH is 1. The molecule has 0 aliphatic carbocycles. The van der Waals surface area contributed by atoms with Gasteiger partial charge in [0.2, 0.25) is 5.91 Å².